The predicted octanol–water partition coefficient (Wildman–Crippen LogP) is 0.280. The monoisotopic (exact) mass is 171 g/mol. The SMILES string of the molecule is OC1(CCOC2CNC2)CCC1. The average Bonchev–Trinajstić information content (AvgIpc) is 1.91. The van der Waals surface area contributed by atoms with Gasteiger partial charge in [0.25, 0.3) is 0 Å². The lowest BCUT2D eigenvalue weighted by atomic mass is 9.78. The van der Waals surface area contributed by atoms with Crippen LogP contribution in [0.1, 0.15) is 25.7 Å². The Morgan fingerprint density at radius 1 is 1.42 bits per heavy atom. The summed E-state index contributed by atoms with van der Waals surface area (Å²) in [6, 6.07) is 0. The lowest BCUT2D eigenvalue weighted by Crippen LogP contribution is -2.49. The molecule has 0 unspecified atom stereocenters. The Morgan fingerprint density at radius 2 is 2.17 bits per heavy atom. The normalized spacial score (nSPS) is 27.8. The molecule has 0 aromatic heterocycles. The van der Waals surface area contributed by atoms with Gasteiger partial charge in [0.05, 0.1) is 11.7 Å². The van der Waals surface area contributed by atoms with Crippen molar-refractivity contribution in [2.75, 3.05) is 19.7 Å². The summed E-state index contributed by atoms with van der Waals surface area (Å²) < 4.78 is 5.53. The van der Waals surface area contributed by atoms with E-state index in [1.54, 1.807) is 0 Å². The number of hydrogen-bond acceptors (Lipinski definition) is 3. The lowest BCUT2D eigenvalue weighted by Gasteiger charge is -2.37. The van der Waals surface area contributed by atoms with Crippen LogP contribution in [0.5, 0.6) is 0 Å². The fraction of sp³-hybridized carbons (Fsp3) is 1.00. The topological polar surface area (TPSA) is 41.5 Å². The van der Waals surface area contributed by atoms with Gasteiger partial charge in [-0.05, 0) is 25.7 Å². The minimum atomic E-state index is -0.364. The quantitative estimate of drug-likeness (QED) is 0.638. The van der Waals surface area contributed by atoms with E-state index in [0.717, 1.165) is 39.0 Å². The van der Waals surface area contributed by atoms with Crippen molar-refractivity contribution in [3.63, 3.8) is 0 Å². The van der Waals surface area contributed by atoms with Gasteiger partial charge in [-0.2, -0.15) is 0 Å². The number of rotatable bonds is 4. The predicted molar refractivity (Wildman–Crippen MR) is 46.0 cm³/mol. The van der Waals surface area contributed by atoms with Gasteiger partial charge in [-0.25, -0.2) is 0 Å². The van der Waals surface area contributed by atoms with Crippen LogP contribution in [0.3, 0.4) is 0 Å². The standard InChI is InChI=1S/C9H17NO2/c11-9(2-1-3-9)4-5-12-8-6-10-7-8/h8,10-11H,1-7H2. The second-order valence-electron chi connectivity index (χ2n) is 3.98. The molecule has 1 aliphatic heterocycles. The second-order valence-corrected chi connectivity index (χ2v) is 3.98. The molecule has 0 amide bonds. The molecule has 1 aliphatic carbocycles. The molecule has 2 N–H and O–H groups in total. The van der Waals surface area contributed by atoms with Crippen LogP contribution in [0.25, 0.3) is 0 Å². The third-order valence-corrected chi connectivity index (χ3v) is 2.95. The van der Waals surface area contributed by atoms with E-state index in [9.17, 15) is 5.11 Å². The molecule has 1 saturated carbocycles. The molecule has 0 atom stereocenters. The third kappa shape index (κ3) is 1.79. The van der Waals surface area contributed by atoms with Gasteiger partial charge in [-0.3, -0.25) is 0 Å². The second kappa shape index (κ2) is 3.32. The molecule has 1 heterocycles. The molecule has 2 aliphatic rings. The Kier molecular flexibility index (Phi) is 2.35. The van der Waals surface area contributed by atoms with Crippen LogP contribution in [0.15, 0.2) is 0 Å². The molecule has 0 radical (unpaired) electrons. The summed E-state index contributed by atoms with van der Waals surface area (Å²) in [5.74, 6) is 0. The van der Waals surface area contributed by atoms with Gasteiger partial charge in [0.1, 0.15) is 0 Å². The molecule has 0 bridgehead atoms. The van der Waals surface area contributed by atoms with Crippen LogP contribution < -0.4 is 5.32 Å². The molecule has 12 heavy (non-hydrogen) atoms. The molecule has 3 heteroatoms. The molecule has 0 aromatic carbocycles. The van der Waals surface area contributed by atoms with Crippen molar-refractivity contribution in [3.8, 4) is 0 Å². The summed E-state index contributed by atoms with van der Waals surface area (Å²) in [7, 11) is 0. The van der Waals surface area contributed by atoms with Crippen molar-refractivity contribution in [3.05, 3.63) is 0 Å². The summed E-state index contributed by atoms with van der Waals surface area (Å²) in [6.45, 7) is 2.69. The Morgan fingerprint density at radius 3 is 2.58 bits per heavy atom. The van der Waals surface area contributed by atoms with Crippen molar-refractivity contribution >= 4 is 0 Å². The first-order valence-corrected chi connectivity index (χ1v) is 4.83. The van der Waals surface area contributed by atoms with Crippen LogP contribution in [0.4, 0.5) is 0 Å². The summed E-state index contributed by atoms with van der Waals surface area (Å²) in [6.07, 6.45) is 4.36. The van der Waals surface area contributed by atoms with Gasteiger partial charge in [-0.15, -0.1) is 0 Å². The molecule has 2 fully saturated rings. The third-order valence-electron chi connectivity index (χ3n) is 2.95. The molecule has 0 spiro atoms. The van der Waals surface area contributed by atoms with Gasteiger partial charge in [-0.1, -0.05) is 0 Å². The first kappa shape index (κ1) is 8.48. The molecule has 1 saturated heterocycles. The van der Waals surface area contributed by atoms with Crippen molar-refractivity contribution in [1.29, 1.82) is 0 Å². The van der Waals surface area contributed by atoms with E-state index in [-0.39, 0.29) is 5.60 Å². The van der Waals surface area contributed by atoms with Gasteiger partial charge < -0.3 is 15.2 Å². The summed E-state index contributed by atoms with van der Waals surface area (Å²) >= 11 is 0. The molecular formula is C9H17NO2. The first-order chi connectivity index (χ1) is 5.79. The smallest absolute Gasteiger partial charge is 0.0823 e. The summed E-state index contributed by atoms with van der Waals surface area (Å²) in [5, 5.41) is 12.9. The maximum absolute atomic E-state index is 9.72. The van der Waals surface area contributed by atoms with Crippen LogP contribution >= 0.6 is 0 Å². The Balaban J connectivity index is 1.55. The summed E-state index contributed by atoms with van der Waals surface area (Å²) in [5.41, 5.74) is -0.364. The van der Waals surface area contributed by atoms with E-state index in [1.165, 1.54) is 6.42 Å². The van der Waals surface area contributed by atoms with E-state index in [1.807, 2.05) is 0 Å². The van der Waals surface area contributed by atoms with Crippen molar-refractivity contribution in [1.82, 2.24) is 5.32 Å². The minimum absolute atomic E-state index is 0.364. The van der Waals surface area contributed by atoms with E-state index >= 15 is 0 Å². The molecule has 3 nitrogen and oxygen atoms in total. The van der Waals surface area contributed by atoms with Crippen molar-refractivity contribution in [2.45, 2.75) is 37.4 Å². The number of aliphatic hydroxyl groups is 1. The highest BCUT2D eigenvalue weighted by atomic mass is 16.5. The highest BCUT2D eigenvalue weighted by molar-refractivity contribution is 4.87. The number of nitrogens with one attached hydrogen (secondary N) is 1. The minimum Gasteiger partial charge on any atom is -0.390 e. The van der Waals surface area contributed by atoms with Crippen molar-refractivity contribution in [2.24, 2.45) is 0 Å². The summed E-state index contributed by atoms with van der Waals surface area (Å²) in [4.78, 5) is 0. The highest BCUT2D eigenvalue weighted by Gasteiger charge is 2.34. The van der Waals surface area contributed by atoms with Crippen molar-refractivity contribution < 1.29 is 9.84 Å². The van der Waals surface area contributed by atoms with Gasteiger partial charge in [0, 0.05) is 19.7 Å². The van der Waals surface area contributed by atoms with Gasteiger partial charge in [0.2, 0.25) is 0 Å². The Labute approximate surface area is 73.1 Å². The molecule has 70 valence electrons. The van der Waals surface area contributed by atoms with Gasteiger partial charge in [0.15, 0.2) is 0 Å². The maximum atomic E-state index is 9.72. The number of ether oxygens (including phenoxy) is 1. The van der Waals surface area contributed by atoms with E-state index in [2.05, 4.69) is 5.32 Å². The first-order valence-electron chi connectivity index (χ1n) is 4.83. The maximum Gasteiger partial charge on any atom is 0.0823 e. The van der Waals surface area contributed by atoms with Crippen LogP contribution in [0, 0.1) is 0 Å². The van der Waals surface area contributed by atoms with E-state index in [4.69, 9.17) is 4.74 Å². The average molecular weight is 171 g/mol. The van der Waals surface area contributed by atoms with Gasteiger partial charge >= 0.3 is 0 Å². The zero-order valence-electron chi connectivity index (χ0n) is 7.38. The largest absolute Gasteiger partial charge is 0.390 e. The van der Waals surface area contributed by atoms with E-state index < -0.39 is 0 Å². The van der Waals surface area contributed by atoms with Crippen LogP contribution in [-0.4, -0.2) is 36.5 Å². The fourth-order valence-corrected chi connectivity index (χ4v) is 1.63. The molecular weight excluding hydrogens is 154 g/mol. The zero-order chi connectivity index (χ0) is 8.44. The van der Waals surface area contributed by atoms with Crippen LogP contribution in [0.2, 0.25) is 0 Å². The fourth-order valence-electron chi connectivity index (χ4n) is 1.63. The van der Waals surface area contributed by atoms with E-state index in [0.29, 0.717) is 6.10 Å². The Bertz CT molecular complexity index is 153. The van der Waals surface area contributed by atoms with Crippen LogP contribution in [-0.2, 0) is 4.74 Å². The number of hydrogen-bond donors (Lipinski definition) is 2. The highest BCUT2D eigenvalue weighted by Crippen LogP contribution is 2.34. The Hall–Kier alpha value is -0.120. The lowest BCUT2D eigenvalue weighted by molar-refractivity contribution is -0.0738. The zero-order valence-corrected chi connectivity index (χ0v) is 7.38. The molecule has 2 rings (SSSR count). The molecule has 0 aromatic rings.